The number of fused-ring (bicyclic) bond motifs is 1. The zero-order chi connectivity index (χ0) is 12.5. The number of hydrogen-bond donors (Lipinski definition) is 2. The van der Waals surface area contributed by atoms with Gasteiger partial charge in [0.15, 0.2) is 0 Å². The van der Waals surface area contributed by atoms with E-state index in [0.717, 1.165) is 22.2 Å². The minimum absolute atomic E-state index is 0.0479. The van der Waals surface area contributed by atoms with E-state index in [-0.39, 0.29) is 5.91 Å². The number of aromatic nitrogens is 1. The second kappa shape index (κ2) is 4.00. The number of nitrogens with zero attached hydrogens (tertiary/aromatic N) is 2. The summed E-state index contributed by atoms with van der Waals surface area (Å²) in [5, 5.41) is 13.9. The molecule has 0 unspecified atom stereocenters. The summed E-state index contributed by atoms with van der Waals surface area (Å²) >= 11 is 0. The van der Waals surface area contributed by atoms with Crippen molar-refractivity contribution in [2.45, 2.75) is 12.8 Å². The zero-order valence-electron chi connectivity index (χ0n) is 9.53. The number of amides is 1. The Labute approximate surface area is 103 Å². The van der Waals surface area contributed by atoms with Crippen molar-refractivity contribution in [1.82, 2.24) is 10.4 Å². The Bertz CT molecular complexity index is 705. The molecule has 5 nitrogen and oxygen atoms in total. The summed E-state index contributed by atoms with van der Waals surface area (Å²) < 4.78 is 0. The van der Waals surface area contributed by atoms with Gasteiger partial charge in [0.25, 0.3) is 0 Å². The van der Waals surface area contributed by atoms with Crippen molar-refractivity contribution in [1.29, 1.82) is 5.26 Å². The highest BCUT2D eigenvalue weighted by Crippen LogP contribution is 2.19. The van der Waals surface area contributed by atoms with Crippen LogP contribution in [-0.2, 0) is 4.79 Å². The molecule has 0 fully saturated rings. The van der Waals surface area contributed by atoms with Crippen LogP contribution in [0.5, 0.6) is 0 Å². The minimum Gasteiger partial charge on any atom is -0.346 e. The average molecular weight is 238 g/mol. The fraction of sp³-hybridized carbons (Fsp3) is 0.154. The first-order chi connectivity index (χ1) is 8.76. The topological polar surface area (TPSA) is 81.0 Å². The highest BCUT2D eigenvalue weighted by molar-refractivity contribution is 6.06. The van der Waals surface area contributed by atoms with Crippen LogP contribution in [0.1, 0.15) is 24.1 Å². The number of rotatable bonds is 1. The van der Waals surface area contributed by atoms with Crippen LogP contribution in [0.3, 0.4) is 0 Å². The Morgan fingerprint density at radius 1 is 1.28 bits per heavy atom. The van der Waals surface area contributed by atoms with Gasteiger partial charge < -0.3 is 4.98 Å². The van der Waals surface area contributed by atoms with Crippen LogP contribution in [0, 0.1) is 11.3 Å². The van der Waals surface area contributed by atoms with E-state index in [4.69, 9.17) is 5.26 Å². The van der Waals surface area contributed by atoms with E-state index in [0.29, 0.717) is 18.5 Å². The molecule has 3 rings (SSSR count). The van der Waals surface area contributed by atoms with Crippen LogP contribution in [0.2, 0.25) is 0 Å². The summed E-state index contributed by atoms with van der Waals surface area (Å²) in [6.45, 7) is 0. The van der Waals surface area contributed by atoms with Crippen molar-refractivity contribution in [3.8, 4) is 6.07 Å². The second-order valence-corrected chi connectivity index (χ2v) is 4.19. The molecule has 0 atom stereocenters. The number of hydrogen-bond acceptors (Lipinski definition) is 3. The van der Waals surface area contributed by atoms with Crippen molar-refractivity contribution >= 4 is 22.5 Å². The highest BCUT2D eigenvalue weighted by Gasteiger charge is 2.13. The smallest absolute Gasteiger partial charge is 0.240 e. The summed E-state index contributed by atoms with van der Waals surface area (Å²) in [4.78, 5) is 14.0. The SMILES string of the molecule is N#Cc1cc2cc(C3=NNC(=O)CC3)ccc2[nH]1. The average Bonchev–Trinajstić information content (AvgIpc) is 2.81. The van der Waals surface area contributed by atoms with Crippen molar-refractivity contribution in [2.24, 2.45) is 5.10 Å². The van der Waals surface area contributed by atoms with Crippen LogP contribution in [-0.4, -0.2) is 16.6 Å². The quantitative estimate of drug-likeness (QED) is 0.792. The number of nitriles is 1. The monoisotopic (exact) mass is 238 g/mol. The molecule has 2 heterocycles. The van der Waals surface area contributed by atoms with E-state index in [1.54, 1.807) is 6.07 Å². The van der Waals surface area contributed by atoms with Gasteiger partial charge in [0.1, 0.15) is 11.8 Å². The maximum absolute atomic E-state index is 11.0. The number of carbonyl (C=O) groups is 1. The molecule has 88 valence electrons. The van der Waals surface area contributed by atoms with E-state index in [1.807, 2.05) is 18.2 Å². The number of H-pyrrole nitrogens is 1. The van der Waals surface area contributed by atoms with Gasteiger partial charge in [-0.2, -0.15) is 10.4 Å². The van der Waals surface area contributed by atoms with Crippen molar-refractivity contribution < 1.29 is 4.79 Å². The standard InChI is InChI=1S/C13H10N4O/c14-7-10-6-9-5-8(1-2-11(9)15-10)12-3-4-13(18)17-16-12/h1-2,5-6,15H,3-4H2,(H,17,18). The Kier molecular flexibility index (Phi) is 2.34. The molecule has 1 aromatic carbocycles. The molecule has 1 aliphatic rings. The van der Waals surface area contributed by atoms with E-state index < -0.39 is 0 Å². The zero-order valence-corrected chi connectivity index (χ0v) is 9.53. The van der Waals surface area contributed by atoms with Crippen molar-refractivity contribution in [2.75, 3.05) is 0 Å². The van der Waals surface area contributed by atoms with Crippen LogP contribution in [0.25, 0.3) is 10.9 Å². The predicted molar refractivity (Wildman–Crippen MR) is 66.9 cm³/mol. The van der Waals surface area contributed by atoms with Gasteiger partial charge >= 0.3 is 0 Å². The van der Waals surface area contributed by atoms with E-state index in [1.165, 1.54) is 0 Å². The first kappa shape index (κ1) is 10.5. The van der Waals surface area contributed by atoms with Crippen LogP contribution in [0.15, 0.2) is 29.4 Å². The van der Waals surface area contributed by atoms with E-state index >= 15 is 0 Å². The third kappa shape index (κ3) is 1.74. The molecule has 5 heteroatoms. The number of carbonyl (C=O) groups excluding carboxylic acids is 1. The van der Waals surface area contributed by atoms with Gasteiger partial charge in [0, 0.05) is 23.7 Å². The van der Waals surface area contributed by atoms with Gasteiger partial charge in [-0.15, -0.1) is 0 Å². The third-order valence-electron chi connectivity index (χ3n) is 2.98. The van der Waals surface area contributed by atoms with Crippen LogP contribution >= 0.6 is 0 Å². The number of hydrazone groups is 1. The largest absolute Gasteiger partial charge is 0.346 e. The van der Waals surface area contributed by atoms with Gasteiger partial charge in [-0.25, -0.2) is 5.43 Å². The summed E-state index contributed by atoms with van der Waals surface area (Å²) in [6, 6.07) is 9.72. The lowest BCUT2D eigenvalue weighted by Crippen LogP contribution is -2.25. The Morgan fingerprint density at radius 3 is 2.89 bits per heavy atom. The Balaban J connectivity index is 2.03. The lowest BCUT2D eigenvalue weighted by atomic mass is 10.0. The molecule has 0 bridgehead atoms. The lowest BCUT2D eigenvalue weighted by molar-refractivity contribution is -0.121. The summed E-state index contributed by atoms with van der Waals surface area (Å²) in [7, 11) is 0. The van der Waals surface area contributed by atoms with Gasteiger partial charge in [-0.1, -0.05) is 6.07 Å². The Hall–Kier alpha value is -2.61. The van der Waals surface area contributed by atoms with E-state index in [2.05, 4.69) is 21.6 Å². The van der Waals surface area contributed by atoms with Crippen LogP contribution in [0.4, 0.5) is 0 Å². The molecule has 0 saturated heterocycles. The van der Waals surface area contributed by atoms with Gasteiger partial charge in [-0.3, -0.25) is 4.79 Å². The molecule has 0 aliphatic carbocycles. The van der Waals surface area contributed by atoms with Crippen LogP contribution < -0.4 is 5.43 Å². The first-order valence-corrected chi connectivity index (χ1v) is 5.65. The molecule has 1 amide bonds. The molecule has 2 aromatic rings. The molecule has 0 spiro atoms. The molecular weight excluding hydrogens is 228 g/mol. The number of benzene rings is 1. The van der Waals surface area contributed by atoms with E-state index in [9.17, 15) is 4.79 Å². The second-order valence-electron chi connectivity index (χ2n) is 4.19. The number of aromatic amines is 1. The highest BCUT2D eigenvalue weighted by atomic mass is 16.2. The molecule has 2 N–H and O–H groups in total. The molecule has 0 saturated carbocycles. The van der Waals surface area contributed by atoms with Crippen molar-refractivity contribution in [3.63, 3.8) is 0 Å². The summed E-state index contributed by atoms with van der Waals surface area (Å²) in [5.74, 6) is -0.0479. The Morgan fingerprint density at radius 2 is 2.17 bits per heavy atom. The lowest BCUT2D eigenvalue weighted by Gasteiger charge is -2.11. The van der Waals surface area contributed by atoms with Gasteiger partial charge in [-0.05, 0) is 23.8 Å². The fourth-order valence-corrected chi connectivity index (χ4v) is 2.05. The predicted octanol–water partition coefficient (Wildman–Crippen LogP) is 1.65. The maximum atomic E-state index is 11.0. The first-order valence-electron chi connectivity index (χ1n) is 5.65. The normalized spacial score (nSPS) is 15.1. The molecule has 0 radical (unpaired) electrons. The summed E-state index contributed by atoms with van der Waals surface area (Å²) in [6.07, 6.45) is 1.11. The minimum atomic E-state index is -0.0479. The van der Waals surface area contributed by atoms with Gasteiger partial charge in [0.2, 0.25) is 5.91 Å². The number of nitrogens with one attached hydrogen (secondary N) is 2. The summed E-state index contributed by atoms with van der Waals surface area (Å²) in [5.41, 5.74) is 5.80. The molecule has 1 aromatic heterocycles. The fourth-order valence-electron chi connectivity index (χ4n) is 2.05. The molecular formula is C13H10N4O. The maximum Gasteiger partial charge on any atom is 0.240 e. The third-order valence-corrected chi connectivity index (χ3v) is 2.98. The van der Waals surface area contributed by atoms with Crippen molar-refractivity contribution in [3.05, 3.63) is 35.5 Å². The molecule has 18 heavy (non-hydrogen) atoms. The van der Waals surface area contributed by atoms with Gasteiger partial charge in [0.05, 0.1) is 5.71 Å². The molecule has 1 aliphatic heterocycles.